The van der Waals surface area contributed by atoms with Gasteiger partial charge >= 0.3 is 0 Å². The Balaban J connectivity index is 1.26. The molecular weight excluding hydrogens is 388 g/mol. The van der Waals surface area contributed by atoms with Crippen LogP contribution >= 0.6 is 11.8 Å². The first-order valence-electron chi connectivity index (χ1n) is 9.44. The Hall–Kier alpha value is -3.00. The average molecular weight is 410 g/mol. The molecule has 0 radical (unpaired) electrons. The summed E-state index contributed by atoms with van der Waals surface area (Å²) in [6.07, 6.45) is 2.39. The normalized spacial score (nSPS) is 12.6. The molecule has 0 saturated heterocycles. The second-order valence-electron chi connectivity index (χ2n) is 6.69. The molecule has 3 aromatic rings. The van der Waals surface area contributed by atoms with Gasteiger partial charge in [-0.2, -0.15) is 0 Å². The summed E-state index contributed by atoms with van der Waals surface area (Å²) in [6, 6.07) is 14.0. The summed E-state index contributed by atoms with van der Waals surface area (Å²) in [5.74, 6) is 1.79. The van der Waals surface area contributed by atoms with Gasteiger partial charge in [-0.05, 0) is 43.2 Å². The van der Waals surface area contributed by atoms with Crippen LogP contribution in [0.25, 0.3) is 5.69 Å². The molecule has 0 unspecified atom stereocenters. The SMILES string of the molecule is Cc1ccc(-n2cnnc2SCC(=O)NCCc2ccc3c(c2)OCCO3)cc1. The minimum absolute atomic E-state index is 0.0361. The molecule has 0 saturated carbocycles. The second kappa shape index (κ2) is 9.00. The highest BCUT2D eigenvalue weighted by Gasteiger charge is 2.12. The van der Waals surface area contributed by atoms with Crippen LogP contribution in [0, 0.1) is 6.92 Å². The zero-order valence-electron chi connectivity index (χ0n) is 16.1. The number of benzene rings is 2. The molecule has 2 aromatic carbocycles. The number of nitrogens with one attached hydrogen (secondary N) is 1. The third-order valence-electron chi connectivity index (χ3n) is 4.50. The van der Waals surface area contributed by atoms with Gasteiger partial charge in [-0.15, -0.1) is 10.2 Å². The third-order valence-corrected chi connectivity index (χ3v) is 5.45. The van der Waals surface area contributed by atoms with E-state index in [0.717, 1.165) is 29.2 Å². The Morgan fingerprint density at radius 1 is 1.14 bits per heavy atom. The van der Waals surface area contributed by atoms with Crippen LogP contribution in [-0.2, 0) is 11.2 Å². The summed E-state index contributed by atoms with van der Waals surface area (Å²) in [4.78, 5) is 12.2. The van der Waals surface area contributed by atoms with Crippen LogP contribution in [0.4, 0.5) is 0 Å². The topological polar surface area (TPSA) is 78.3 Å². The van der Waals surface area contributed by atoms with Crippen LogP contribution in [-0.4, -0.2) is 46.2 Å². The molecule has 0 aliphatic carbocycles. The Bertz CT molecular complexity index is 988. The van der Waals surface area contributed by atoms with E-state index in [4.69, 9.17) is 9.47 Å². The van der Waals surface area contributed by atoms with Crippen molar-refractivity contribution in [1.29, 1.82) is 0 Å². The highest BCUT2D eigenvalue weighted by atomic mass is 32.2. The quantitative estimate of drug-likeness (QED) is 0.604. The number of hydrogen-bond donors (Lipinski definition) is 1. The first kappa shape index (κ1) is 19.3. The maximum Gasteiger partial charge on any atom is 0.230 e. The smallest absolute Gasteiger partial charge is 0.230 e. The fourth-order valence-corrected chi connectivity index (χ4v) is 3.73. The number of carbonyl (C=O) groups excluding carboxylic acids is 1. The van der Waals surface area contributed by atoms with Gasteiger partial charge in [-0.25, -0.2) is 0 Å². The van der Waals surface area contributed by atoms with Crippen molar-refractivity contribution in [3.63, 3.8) is 0 Å². The van der Waals surface area contributed by atoms with Gasteiger partial charge in [0.05, 0.1) is 5.75 Å². The van der Waals surface area contributed by atoms with Crippen molar-refractivity contribution >= 4 is 17.7 Å². The summed E-state index contributed by atoms with van der Waals surface area (Å²) in [7, 11) is 0. The van der Waals surface area contributed by atoms with Crippen molar-refractivity contribution in [3.8, 4) is 17.2 Å². The molecule has 1 aromatic heterocycles. The van der Waals surface area contributed by atoms with Crippen LogP contribution in [0.2, 0.25) is 0 Å². The van der Waals surface area contributed by atoms with E-state index in [0.29, 0.717) is 24.9 Å². The van der Waals surface area contributed by atoms with Gasteiger partial charge in [0.1, 0.15) is 19.5 Å². The highest BCUT2D eigenvalue weighted by molar-refractivity contribution is 7.99. The summed E-state index contributed by atoms with van der Waals surface area (Å²) < 4.78 is 13.0. The lowest BCUT2D eigenvalue weighted by Crippen LogP contribution is -2.27. The Labute approximate surface area is 173 Å². The molecule has 2 heterocycles. The van der Waals surface area contributed by atoms with E-state index >= 15 is 0 Å². The van der Waals surface area contributed by atoms with Gasteiger partial charge in [0, 0.05) is 12.2 Å². The summed E-state index contributed by atoms with van der Waals surface area (Å²) >= 11 is 1.37. The number of hydrogen-bond acceptors (Lipinski definition) is 6. The zero-order valence-corrected chi connectivity index (χ0v) is 16.9. The number of rotatable bonds is 7. The molecule has 150 valence electrons. The van der Waals surface area contributed by atoms with Gasteiger partial charge in [0.2, 0.25) is 5.91 Å². The molecule has 4 rings (SSSR count). The molecule has 0 spiro atoms. The predicted octanol–water partition coefficient (Wildman–Crippen LogP) is 2.80. The third kappa shape index (κ3) is 4.89. The number of nitrogens with zero attached hydrogens (tertiary/aromatic N) is 3. The Kier molecular flexibility index (Phi) is 6.00. The first-order chi connectivity index (χ1) is 14.2. The van der Waals surface area contributed by atoms with Crippen LogP contribution in [0.1, 0.15) is 11.1 Å². The molecule has 1 aliphatic heterocycles. The van der Waals surface area contributed by atoms with Gasteiger partial charge < -0.3 is 14.8 Å². The monoisotopic (exact) mass is 410 g/mol. The molecule has 1 amide bonds. The number of aryl methyl sites for hydroxylation is 1. The lowest BCUT2D eigenvalue weighted by Gasteiger charge is -2.18. The van der Waals surface area contributed by atoms with E-state index in [1.807, 2.05) is 54.0 Å². The van der Waals surface area contributed by atoms with Crippen molar-refractivity contribution in [2.75, 3.05) is 25.5 Å². The van der Waals surface area contributed by atoms with Crippen LogP contribution in [0.5, 0.6) is 11.5 Å². The van der Waals surface area contributed by atoms with Crippen LogP contribution < -0.4 is 14.8 Å². The number of fused-ring (bicyclic) bond motifs is 1. The van der Waals surface area contributed by atoms with Crippen molar-refractivity contribution in [2.24, 2.45) is 0 Å². The molecule has 7 nitrogen and oxygen atoms in total. The molecule has 0 fully saturated rings. The molecule has 1 aliphatic rings. The zero-order chi connectivity index (χ0) is 20.1. The van der Waals surface area contributed by atoms with Crippen molar-refractivity contribution in [2.45, 2.75) is 18.5 Å². The number of amides is 1. The molecular formula is C21H22N4O3S. The van der Waals surface area contributed by atoms with Crippen LogP contribution in [0.3, 0.4) is 0 Å². The van der Waals surface area contributed by atoms with Gasteiger partial charge in [-0.1, -0.05) is 35.5 Å². The summed E-state index contributed by atoms with van der Waals surface area (Å²) in [5, 5.41) is 11.7. The van der Waals surface area contributed by atoms with E-state index < -0.39 is 0 Å². The average Bonchev–Trinajstić information content (AvgIpc) is 3.21. The standard InChI is InChI=1S/C21H22N4O3S/c1-15-2-5-17(6-3-15)25-14-23-24-21(25)29-13-20(26)22-9-8-16-4-7-18-19(12-16)28-11-10-27-18/h2-7,12,14H,8-11,13H2,1H3,(H,22,26). The highest BCUT2D eigenvalue weighted by Crippen LogP contribution is 2.30. The largest absolute Gasteiger partial charge is 0.486 e. The number of ether oxygens (including phenoxy) is 2. The van der Waals surface area contributed by atoms with Crippen molar-refractivity contribution in [1.82, 2.24) is 20.1 Å². The predicted molar refractivity (Wildman–Crippen MR) is 111 cm³/mol. The molecule has 0 bridgehead atoms. The molecule has 0 atom stereocenters. The van der Waals surface area contributed by atoms with E-state index in [1.165, 1.54) is 17.3 Å². The Morgan fingerprint density at radius 2 is 1.93 bits per heavy atom. The fourth-order valence-electron chi connectivity index (χ4n) is 2.98. The summed E-state index contributed by atoms with van der Waals surface area (Å²) in [5.41, 5.74) is 3.26. The summed E-state index contributed by atoms with van der Waals surface area (Å²) in [6.45, 7) is 3.75. The van der Waals surface area contributed by atoms with Crippen molar-refractivity contribution in [3.05, 3.63) is 59.9 Å². The van der Waals surface area contributed by atoms with Gasteiger partial charge in [0.15, 0.2) is 16.7 Å². The minimum atomic E-state index is -0.0361. The number of thioether (sulfide) groups is 1. The van der Waals surface area contributed by atoms with Gasteiger partial charge in [-0.3, -0.25) is 9.36 Å². The molecule has 8 heteroatoms. The van der Waals surface area contributed by atoms with E-state index in [2.05, 4.69) is 15.5 Å². The van der Waals surface area contributed by atoms with Crippen LogP contribution in [0.15, 0.2) is 53.9 Å². The van der Waals surface area contributed by atoms with E-state index in [9.17, 15) is 4.79 Å². The number of carbonyl (C=O) groups is 1. The van der Waals surface area contributed by atoms with E-state index in [-0.39, 0.29) is 11.7 Å². The lowest BCUT2D eigenvalue weighted by atomic mass is 10.1. The van der Waals surface area contributed by atoms with E-state index in [1.54, 1.807) is 6.33 Å². The van der Waals surface area contributed by atoms with Gasteiger partial charge in [0.25, 0.3) is 0 Å². The second-order valence-corrected chi connectivity index (χ2v) is 7.63. The van der Waals surface area contributed by atoms with Crippen molar-refractivity contribution < 1.29 is 14.3 Å². The molecule has 1 N–H and O–H groups in total. The fraction of sp³-hybridized carbons (Fsp3) is 0.286. The minimum Gasteiger partial charge on any atom is -0.486 e. The first-order valence-corrected chi connectivity index (χ1v) is 10.4. The number of aromatic nitrogens is 3. The lowest BCUT2D eigenvalue weighted by molar-refractivity contribution is -0.118. The molecule has 29 heavy (non-hydrogen) atoms. The maximum atomic E-state index is 12.2. The Morgan fingerprint density at radius 3 is 2.76 bits per heavy atom. The maximum absolute atomic E-state index is 12.2.